The van der Waals surface area contributed by atoms with E-state index in [4.69, 9.17) is 63.2 Å². The summed E-state index contributed by atoms with van der Waals surface area (Å²) in [6.07, 6.45) is 0. The molecule has 0 aliphatic heterocycles. The van der Waals surface area contributed by atoms with Crippen molar-refractivity contribution in [3.05, 3.63) is 84.9 Å². The molecule has 2 heterocycles. The van der Waals surface area contributed by atoms with E-state index in [9.17, 15) is 10.2 Å². The van der Waals surface area contributed by atoms with Gasteiger partial charge in [-0.2, -0.15) is 0 Å². The number of benzene rings is 4. The Kier molecular flexibility index (Phi) is 25.2. The minimum Gasteiger partial charge on any atom is -1.00 e. The number of aromatic hydroxyl groups is 2. The van der Waals surface area contributed by atoms with Crippen LogP contribution in [0, 0.1) is 0 Å². The van der Waals surface area contributed by atoms with Crippen LogP contribution >= 0.6 is 50.7 Å². The molecule has 2 N–H and O–H groups in total. The second-order valence-corrected chi connectivity index (χ2v) is 11.0. The summed E-state index contributed by atoms with van der Waals surface area (Å²) in [5, 5.41) is 27.8. The molecule has 50 heavy (non-hydrogen) atoms. The monoisotopic (exact) mass is 860 g/mol. The molecule has 0 amide bonds. The maximum atomic E-state index is 9.33. The number of carbonyl (C=O) groups excluding carboxylic acids is 1. The van der Waals surface area contributed by atoms with E-state index in [0.717, 1.165) is 27.7 Å². The van der Waals surface area contributed by atoms with Crippen molar-refractivity contribution in [2.24, 2.45) is 0 Å². The molecule has 0 fully saturated rings. The number of oxazole rings is 2. The number of alkyl halides is 4. The molecular formula is C33H30BrCl3K2N2O9. The SMILES string of the molecule is ClCCBr.ClCCOc1ccc(-c2nc3ccc(OCCCl)cc3o2)cc1.O=CO[O-].Oc1ccc(-c2nc3ccc(O)cc3o2)cc1.[H-].[K+].[K+]. The number of phenols is 2. The van der Waals surface area contributed by atoms with Crippen molar-refractivity contribution >= 4 is 79.4 Å². The quantitative estimate of drug-likeness (QED) is 0.0681. The van der Waals surface area contributed by atoms with E-state index in [2.05, 4.69) is 30.8 Å². The fourth-order valence-electron chi connectivity index (χ4n) is 3.77. The summed E-state index contributed by atoms with van der Waals surface area (Å²) in [4.78, 5) is 20.0. The molecule has 256 valence electrons. The molecule has 6 aromatic rings. The van der Waals surface area contributed by atoms with Crippen LogP contribution in [0.25, 0.3) is 45.1 Å². The number of ether oxygens (including phenoxy) is 2. The molecule has 6 rings (SSSR count). The van der Waals surface area contributed by atoms with Gasteiger partial charge in [-0.05, 0) is 72.8 Å². The molecule has 2 aromatic heterocycles. The Bertz CT molecular complexity index is 1840. The van der Waals surface area contributed by atoms with Crippen LogP contribution in [0.5, 0.6) is 23.0 Å². The van der Waals surface area contributed by atoms with Crippen molar-refractivity contribution in [2.75, 3.05) is 36.2 Å². The van der Waals surface area contributed by atoms with Crippen molar-refractivity contribution in [2.45, 2.75) is 0 Å². The van der Waals surface area contributed by atoms with Crippen molar-refractivity contribution in [1.82, 2.24) is 9.97 Å². The van der Waals surface area contributed by atoms with Crippen LogP contribution in [0.15, 0.2) is 93.8 Å². The number of nitrogens with zero attached hydrogens (tertiary/aromatic N) is 2. The topological polar surface area (TPSA) is 160 Å². The summed E-state index contributed by atoms with van der Waals surface area (Å²) in [6, 6.07) is 24.4. The molecule has 11 nitrogen and oxygen atoms in total. The average molecular weight is 863 g/mol. The summed E-state index contributed by atoms with van der Waals surface area (Å²) in [5.41, 5.74) is 4.33. The molecule has 17 heteroatoms. The Hall–Kier alpha value is -0.927. The largest absolute Gasteiger partial charge is 1.00 e. The Labute approximate surface area is 397 Å². The number of phenolic OH excluding ortho intramolecular Hbond substituents is 2. The van der Waals surface area contributed by atoms with Gasteiger partial charge < -0.3 is 40.1 Å². The number of hydrogen-bond donors (Lipinski definition) is 2. The Morgan fingerprint density at radius 3 is 1.60 bits per heavy atom. The Balaban J connectivity index is 0.000000790. The molecule has 0 radical (unpaired) electrons. The molecule has 0 aliphatic rings. The van der Waals surface area contributed by atoms with E-state index in [1.807, 2.05) is 42.5 Å². The van der Waals surface area contributed by atoms with Crippen LogP contribution in [0.2, 0.25) is 0 Å². The van der Waals surface area contributed by atoms with Crippen LogP contribution in [0.4, 0.5) is 0 Å². The van der Waals surface area contributed by atoms with Crippen LogP contribution in [-0.4, -0.2) is 62.8 Å². The number of rotatable bonds is 10. The van der Waals surface area contributed by atoms with Crippen LogP contribution < -0.4 is 118 Å². The van der Waals surface area contributed by atoms with Crippen molar-refractivity contribution in [1.29, 1.82) is 0 Å². The first-order valence-corrected chi connectivity index (χ1v) is 16.7. The number of carbonyl (C=O) groups is 1. The minimum atomic E-state index is -0.181. The van der Waals surface area contributed by atoms with Gasteiger partial charge in [0.05, 0.1) is 11.8 Å². The fraction of sp³-hybridized carbons (Fsp3) is 0.182. The molecule has 0 saturated carbocycles. The van der Waals surface area contributed by atoms with Gasteiger partial charge in [0.1, 0.15) is 47.2 Å². The predicted molar refractivity (Wildman–Crippen MR) is 187 cm³/mol. The Morgan fingerprint density at radius 2 is 1.12 bits per heavy atom. The second-order valence-electron chi connectivity index (χ2n) is 9.04. The van der Waals surface area contributed by atoms with E-state index < -0.39 is 0 Å². The van der Waals surface area contributed by atoms with Gasteiger partial charge in [-0.25, -0.2) is 9.97 Å². The molecule has 0 saturated heterocycles. The van der Waals surface area contributed by atoms with Crippen LogP contribution in [0.1, 0.15) is 1.43 Å². The summed E-state index contributed by atoms with van der Waals surface area (Å²) in [6.45, 7) is 0.757. The zero-order valence-electron chi connectivity index (χ0n) is 28.1. The molecule has 0 atom stereocenters. The first-order valence-electron chi connectivity index (χ1n) is 14.0. The molecule has 0 aliphatic carbocycles. The van der Waals surface area contributed by atoms with E-state index in [1.165, 1.54) is 6.07 Å². The third-order valence-electron chi connectivity index (χ3n) is 5.75. The van der Waals surface area contributed by atoms with Crippen molar-refractivity contribution < 1.29 is 148 Å². The van der Waals surface area contributed by atoms with Gasteiger partial charge in [0.25, 0.3) is 6.47 Å². The maximum Gasteiger partial charge on any atom is 1.00 e. The number of hydrogen-bond acceptors (Lipinski definition) is 11. The molecule has 0 spiro atoms. The summed E-state index contributed by atoms with van der Waals surface area (Å²) in [7, 11) is 0. The molecule has 0 unspecified atom stereocenters. The summed E-state index contributed by atoms with van der Waals surface area (Å²) < 4.78 is 22.3. The van der Waals surface area contributed by atoms with Crippen LogP contribution in [-0.2, 0) is 9.68 Å². The third-order valence-corrected chi connectivity index (χ3v) is 7.10. The van der Waals surface area contributed by atoms with Crippen LogP contribution in [0.3, 0.4) is 0 Å². The second kappa shape index (κ2) is 26.8. The standard InChI is InChI=1S/C17H15Cl2NO3.C13H9NO3.C2H4BrCl.CH2O3.2K.H/c18-7-9-21-13-3-1-12(2-4-13)17-20-15-6-5-14(22-10-8-19)11-16(15)23-17;15-9-3-1-8(2-4-9)13-14-11-6-5-10(16)7-12(11)17-13;3-1-2-4;2-1-4-3;;;/h1-6,11H,7-10H2;1-7,15-16H;1-2H2;1,3H;;;/q;;;;2*+1;-1/p-1. The summed E-state index contributed by atoms with van der Waals surface area (Å²) >= 11 is 19.5. The predicted octanol–water partition coefficient (Wildman–Crippen LogP) is 1.81. The van der Waals surface area contributed by atoms with E-state index in [-0.39, 0.29) is 122 Å². The average Bonchev–Trinajstić information content (AvgIpc) is 3.75. The molecular weight excluding hydrogens is 833 g/mol. The van der Waals surface area contributed by atoms with Gasteiger partial charge in [0.15, 0.2) is 11.2 Å². The third kappa shape index (κ3) is 16.0. The first-order chi connectivity index (χ1) is 23.3. The zero-order chi connectivity index (χ0) is 34.7. The van der Waals surface area contributed by atoms with Crippen molar-refractivity contribution in [3.8, 4) is 45.9 Å². The number of fused-ring (bicyclic) bond motifs is 2. The van der Waals surface area contributed by atoms with Gasteiger partial charge in [0, 0.05) is 34.5 Å². The number of aromatic nitrogens is 2. The van der Waals surface area contributed by atoms with Gasteiger partial charge >= 0.3 is 103 Å². The number of halogens is 4. The van der Waals surface area contributed by atoms with Gasteiger partial charge in [-0.3, -0.25) is 4.79 Å². The smallest absolute Gasteiger partial charge is 1.00 e. The maximum absolute atomic E-state index is 9.33. The summed E-state index contributed by atoms with van der Waals surface area (Å²) in [5.74, 6) is 4.45. The van der Waals surface area contributed by atoms with E-state index in [1.54, 1.807) is 36.4 Å². The van der Waals surface area contributed by atoms with Gasteiger partial charge in [0.2, 0.25) is 11.8 Å². The molecule has 4 aromatic carbocycles. The zero-order valence-corrected chi connectivity index (χ0v) is 37.2. The minimum absolute atomic E-state index is 0. The normalized spacial score (nSPS) is 9.70. The fourth-order valence-corrected chi connectivity index (χ4v) is 3.92. The van der Waals surface area contributed by atoms with Crippen molar-refractivity contribution in [3.63, 3.8) is 0 Å². The Morgan fingerprint density at radius 1 is 0.700 bits per heavy atom. The van der Waals surface area contributed by atoms with Gasteiger partial charge in [-0.1, -0.05) is 15.9 Å². The van der Waals surface area contributed by atoms with E-state index >= 15 is 0 Å². The molecule has 0 bridgehead atoms. The van der Waals surface area contributed by atoms with Gasteiger partial charge in [-0.15, -0.1) is 34.8 Å². The first kappa shape index (κ1) is 47.1. The van der Waals surface area contributed by atoms with E-state index in [0.29, 0.717) is 65.1 Å².